The van der Waals surface area contributed by atoms with Gasteiger partial charge in [-0.1, -0.05) is 11.6 Å². The van der Waals surface area contributed by atoms with Crippen LogP contribution in [0.2, 0.25) is 5.02 Å². The Labute approximate surface area is 130 Å². The van der Waals surface area contributed by atoms with Gasteiger partial charge in [0.2, 0.25) is 0 Å². The maximum Gasteiger partial charge on any atom is 0.338 e. The molecule has 1 amide bonds. The average Bonchev–Trinajstić information content (AvgIpc) is 2.44. The third-order valence-electron chi connectivity index (χ3n) is 3.26. The second-order valence-electron chi connectivity index (χ2n) is 4.95. The number of carbonyl (C=O) groups excluding carboxylic acids is 2. The maximum atomic E-state index is 12.0. The highest BCUT2D eigenvalue weighted by Crippen LogP contribution is 2.29. The lowest BCUT2D eigenvalue weighted by Crippen LogP contribution is -2.43. The summed E-state index contributed by atoms with van der Waals surface area (Å²) in [4.78, 5) is 34.7. The molecule has 1 aromatic rings. The summed E-state index contributed by atoms with van der Waals surface area (Å²) in [6.07, 6.45) is 0.138. The number of aliphatic hydroxyl groups is 1. The zero-order chi connectivity index (χ0) is 16.4. The third kappa shape index (κ3) is 3.20. The van der Waals surface area contributed by atoms with Crippen molar-refractivity contribution in [1.82, 2.24) is 5.32 Å². The van der Waals surface area contributed by atoms with Crippen molar-refractivity contribution in [2.75, 3.05) is 6.61 Å². The second kappa shape index (κ2) is 6.33. The zero-order valence-corrected chi connectivity index (χ0v) is 12.4. The van der Waals surface area contributed by atoms with Crippen molar-refractivity contribution in [3.8, 4) is 0 Å². The summed E-state index contributed by atoms with van der Waals surface area (Å²) < 4.78 is 5.08. The van der Waals surface area contributed by atoms with Crippen LogP contribution in [-0.2, 0) is 16.0 Å². The Hall–Kier alpha value is -2.12. The van der Waals surface area contributed by atoms with Crippen LogP contribution in [0.1, 0.15) is 33.2 Å². The van der Waals surface area contributed by atoms with Crippen molar-refractivity contribution in [3.63, 3.8) is 0 Å². The number of amides is 1. The van der Waals surface area contributed by atoms with Gasteiger partial charge in [-0.05, 0) is 24.6 Å². The number of aliphatic carboxylic acids is 1. The van der Waals surface area contributed by atoms with Crippen LogP contribution in [-0.4, -0.2) is 46.8 Å². The van der Waals surface area contributed by atoms with Crippen LogP contribution in [0.3, 0.4) is 0 Å². The molecular weight excluding hydrogens is 314 g/mol. The van der Waals surface area contributed by atoms with Gasteiger partial charge in [-0.3, -0.25) is 4.79 Å². The van der Waals surface area contributed by atoms with Crippen molar-refractivity contribution >= 4 is 29.4 Å². The van der Waals surface area contributed by atoms with E-state index in [1.807, 2.05) is 0 Å². The van der Waals surface area contributed by atoms with E-state index in [2.05, 4.69) is 5.32 Å². The minimum atomic E-state index is -1.44. The summed E-state index contributed by atoms with van der Waals surface area (Å²) in [6.45, 7) is 0.982. The van der Waals surface area contributed by atoms with Crippen LogP contribution < -0.4 is 5.32 Å². The van der Waals surface area contributed by atoms with Gasteiger partial charge in [0, 0.05) is 17.0 Å². The number of ether oxygens (including phenoxy) is 1. The molecule has 0 saturated heterocycles. The highest BCUT2D eigenvalue weighted by atomic mass is 35.5. The van der Waals surface area contributed by atoms with E-state index >= 15 is 0 Å². The topological polar surface area (TPSA) is 113 Å². The Morgan fingerprint density at radius 2 is 2.18 bits per heavy atom. The molecule has 0 aromatic heterocycles. The van der Waals surface area contributed by atoms with Gasteiger partial charge in [-0.25, -0.2) is 9.59 Å². The highest BCUT2D eigenvalue weighted by Gasteiger charge is 2.28. The van der Waals surface area contributed by atoms with Crippen LogP contribution in [0.4, 0.5) is 0 Å². The number of hydrogen-bond donors (Lipinski definition) is 3. The van der Waals surface area contributed by atoms with Crippen LogP contribution in [0, 0.1) is 0 Å². The summed E-state index contributed by atoms with van der Waals surface area (Å²) in [5, 5.41) is 20.1. The van der Waals surface area contributed by atoms with Gasteiger partial charge >= 0.3 is 11.9 Å². The number of carboxylic acid groups (broad SMARTS) is 1. The molecule has 2 atom stereocenters. The molecule has 1 unspecified atom stereocenters. The number of nitrogens with one attached hydrogen (secondary N) is 1. The number of carbonyl (C=O) groups is 3. The first-order chi connectivity index (χ1) is 10.3. The van der Waals surface area contributed by atoms with E-state index in [9.17, 15) is 14.4 Å². The lowest BCUT2D eigenvalue weighted by atomic mass is 9.96. The van der Waals surface area contributed by atoms with Gasteiger partial charge < -0.3 is 20.3 Å². The fraction of sp³-hybridized carbons (Fsp3) is 0.357. The van der Waals surface area contributed by atoms with Crippen molar-refractivity contribution in [1.29, 1.82) is 0 Å². The SMILES string of the molecule is CC1Cc2c(Cl)cc(C(=O)N[C@@H](CO)C(=O)O)cc2C(=O)O1. The molecule has 8 heteroatoms. The molecule has 1 aromatic carbocycles. The van der Waals surface area contributed by atoms with Gasteiger partial charge in [0.15, 0.2) is 6.04 Å². The minimum Gasteiger partial charge on any atom is -0.480 e. The first-order valence-corrected chi connectivity index (χ1v) is 6.89. The van der Waals surface area contributed by atoms with E-state index in [1.54, 1.807) is 6.92 Å². The van der Waals surface area contributed by atoms with Gasteiger partial charge in [0.1, 0.15) is 6.10 Å². The van der Waals surface area contributed by atoms with E-state index in [0.717, 1.165) is 0 Å². The predicted molar refractivity (Wildman–Crippen MR) is 76.0 cm³/mol. The third-order valence-corrected chi connectivity index (χ3v) is 3.60. The summed E-state index contributed by atoms with van der Waals surface area (Å²) in [6, 6.07) is 1.23. The average molecular weight is 328 g/mol. The summed E-state index contributed by atoms with van der Waals surface area (Å²) >= 11 is 6.10. The first-order valence-electron chi connectivity index (χ1n) is 6.51. The Balaban J connectivity index is 2.32. The minimum absolute atomic E-state index is 0.0231. The Kier molecular flexibility index (Phi) is 4.68. The smallest absolute Gasteiger partial charge is 0.338 e. The van der Waals surface area contributed by atoms with Gasteiger partial charge in [0.25, 0.3) is 5.91 Å². The number of cyclic esters (lactones) is 1. The standard InChI is InChI=1S/C14H14ClNO6/c1-6-2-8-9(14(21)22-6)3-7(4-10(8)15)12(18)16-11(5-17)13(19)20/h3-4,6,11,17H,2,5H2,1H3,(H,16,18)(H,19,20)/t6?,11-/m0/s1. The molecule has 0 radical (unpaired) electrons. The van der Waals surface area contributed by atoms with E-state index in [0.29, 0.717) is 12.0 Å². The summed E-state index contributed by atoms with van der Waals surface area (Å²) in [5.41, 5.74) is 0.806. The highest BCUT2D eigenvalue weighted by molar-refractivity contribution is 6.32. The number of halogens is 1. The van der Waals surface area contributed by atoms with Gasteiger partial charge in [-0.2, -0.15) is 0 Å². The molecule has 0 spiro atoms. The second-order valence-corrected chi connectivity index (χ2v) is 5.36. The Morgan fingerprint density at radius 3 is 2.77 bits per heavy atom. The first kappa shape index (κ1) is 16.3. The van der Waals surface area contributed by atoms with Crippen molar-refractivity contribution < 1.29 is 29.3 Å². The molecule has 0 bridgehead atoms. The molecule has 7 nitrogen and oxygen atoms in total. The van der Waals surface area contributed by atoms with Gasteiger partial charge in [0.05, 0.1) is 12.2 Å². The van der Waals surface area contributed by atoms with Crippen LogP contribution in [0.25, 0.3) is 0 Å². The number of benzene rings is 1. The molecule has 1 heterocycles. The van der Waals surface area contributed by atoms with E-state index in [1.165, 1.54) is 12.1 Å². The molecule has 0 saturated carbocycles. The van der Waals surface area contributed by atoms with Crippen LogP contribution in [0.15, 0.2) is 12.1 Å². The van der Waals surface area contributed by atoms with Crippen molar-refractivity contribution in [3.05, 3.63) is 33.8 Å². The number of fused-ring (bicyclic) bond motifs is 1. The fourth-order valence-electron chi connectivity index (χ4n) is 2.16. The Bertz CT molecular complexity index is 644. The van der Waals surface area contributed by atoms with E-state index < -0.39 is 30.5 Å². The lowest BCUT2D eigenvalue weighted by Gasteiger charge is -2.23. The van der Waals surface area contributed by atoms with Crippen molar-refractivity contribution in [2.24, 2.45) is 0 Å². The monoisotopic (exact) mass is 327 g/mol. The fourth-order valence-corrected chi connectivity index (χ4v) is 2.46. The molecule has 22 heavy (non-hydrogen) atoms. The largest absolute Gasteiger partial charge is 0.480 e. The number of rotatable bonds is 4. The number of aliphatic hydroxyl groups excluding tert-OH is 1. The van der Waals surface area contributed by atoms with E-state index in [4.69, 9.17) is 26.6 Å². The molecule has 118 valence electrons. The van der Waals surface area contributed by atoms with Crippen LogP contribution >= 0.6 is 11.6 Å². The summed E-state index contributed by atoms with van der Waals surface area (Å²) in [7, 11) is 0. The molecule has 0 aliphatic carbocycles. The molecule has 1 aliphatic heterocycles. The maximum absolute atomic E-state index is 12.0. The normalized spacial score (nSPS) is 18.1. The molecule has 1 aliphatic rings. The molecule has 2 rings (SSSR count). The van der Waals surface area contributed by atoms with Gasteiger partial charge in [-0.15, -0.1) is 0 Å². The quantitative estimate of drug-likeness (QED) is 0.699. The zero-order valence-electron chi connectivity index (χ0n) is 11.6. The predicted octanol–water partition coefficient (Wildman–Crippen LogP) is 0.617. The number of hydrogen-bond acceptors (Lipinski definition) is 5. The molecular formula is C14H14ClNO6. The lowest BCUT2D eigenvalue weighted by molar-refractivity contribution is -0.140. The van der Waals surface area contributed by atoms with E-state index in [-0.39, 0.29) is 22.3 Å². The van der Waals surface area contributed by atoms with Crippen LogP contribution in [0.5, 0.6) is 0 Å². The Morgan fingerprint density at radius 1 is 1.50 bits per heavy atom. The summed E-state index contributed by atoms with van der Waals surface area (Å²) in [5.74, 6) is -2.70. The molecule has 3 N–H and O–H groups in total. The number of carboxylic acids is 1. The number of esters is 1. The molecule has 0 fully saturated rings. The van der Waals surface area contributed by atoms with Crippen molar-refractivity contribution in [2.45, 2.75) is 25.5 Å².